The van der Waals surface area contributed by atoms with E-state index in [1.807, 2.05) is 32.0 Å². The summed E-state index contributed by atoms with van der Waals surface area (Å²) in [6, 6.07) is 11.7. The number of nitrogens with zero attached hydrogens (tertiary/aromatic N) is 3. The Hall–Kier alpha value is -2.81. The molecule has 0 atom stereocenters. The number of sulfonamides is 1. The lowest BCUT2D eigenvalue weighted by Gasteiger charge is -2.16. The third-order valence-electron chi connectivity index (χ3n) is 4.33. The van der Waals surface area contributed by atoms with Gasteiger partial charge in [0.2, 0.25) is 10.0 Å². The van der Waals surface area contributed by atoms with Crippen molar-refractivity contribution in [1.82, 2.24) is 14.3 Å². The van der Waals surface area contributed by atoms with Crippen LogP contribution in [0, 0.1) is 13.8 Å². The smallest absolute Gasteiger partial charge is 0.258 e. The van der Waals surface area contributed by atoms with Crippen molar-refractivity contribution in [2.24, 2.45) is 0 Å². The summed E-state index contributed by atoms with van der Waals surface area (Å²) in [6.07, 6.45) is 2.76. The highest BCUT2D eigenvalue weighted by molar-refractivity contribution is 7.89. The van der Waals surface area contributed by atoms with E-state index in [1.165, 1.54) is 43.7 Å². The Morgan fingerprint density at radius 3 is 2.17 bits per heavy atom. The van der Waals surface area contributed by atoms with E-state index in [1.54, 1.807) is 0 Å². The summed E-state index contributed by atoms with van der Waals surface area (Å²) in [5.41, 5.74) is 3.06. The Labute approximate surface area is 180 Å². The first-order chi connectivity index (χ1) is 14.1. The zero-order chi connectivity index (χ0) is 21.9. The second kappa shape index (κ2) is 8.91. The second-order valence-electron chi connectivity index (χ2n) is 6.93. The molecule has 0 aliphatic heterocycles. The van der Waals surface area contributed by atoms with Crippen LogP contribution in [0.2, 0.25) is 5.02 Å². The molecule has 7 nitrogen and oxygen atoms in total. The molecule has 30 heavy (non-hydrogen) atoms. The lowest BCUT2D eigenvalue weighted by Crippen LogP contribution is -2.27. The zero-order valence-electron chi connectivity index (χ0n) is 16.8. The number of rotatable bonds is 6. The van der Waals surface area contributed by atoms with E-state index >= 15 is 0 Å². The Morgan fingerprint density at radius 2 is 1.60 bits per heavy atom. The molecule has 0 saturated heterocycles. The Bertz CT molecular complexity index is 1140. The van der Waals surface area contributed by atoms with Crippen LogP contribution in [0.5, 0.6) is 0 Å². The van der Waals surface area contributed by atoms with Crippen LogP contribution in [0.15, 0.2) is 59.8 Å². The minimum absolute atomic E-state index is 0.0378. The average Bonchev–Trinajstić information content (AvgIpc) is 2.68. The predicted molar refractivity (Wildman–Crippen MR) is 116 cm³/mol. The summed E-state index contributed by atoms with van der Waals surface area (Å²) < 4.78 is 26.4. The quantitative estimate of drug-likeness (QED) is 0.623. The number of benzene rings is 2. The maximum absolute atomic E-state index is 12.6. The van der Waals surface area contributed by atoms with Crippen LogP contribution in [0.4, 0.5) is 5.69 Å². The van der Waals surface area contributed by atoms with Crippen molar-refractivity contribution in [2.45, 2.75) is 25.3 Å². The molecule has 0 radical (unpaired) electrons. The number of carbonyl (C=O) groups is 1. The van der Waals surface area contributed by atoms with Gasteiger partial charge >= 0.3 is 0 Å². The molecule has 0 saturated carbocycles. The van der Waals surface area contributed by atoms with Gasteiger partial charge in [0.05, 0.1) is 17.0 Å². The molecule has 3 rings (SSSR count). The fraction of sp³-hybridized carbons (Fsp3) is 0.190. The van der Waals surface area contributed by atoms with E-state index in [4.69, 9.17) is 11.6 Å². The van der Waals surface area contributed by atoms with Crippen molar-refractivity contribution in [3.63, 3.8) is 0 Å². The summed E-state index contributed by atoms with van der Waals surface area (Å²) in [5.74, 6) is -0.0633. The Morgan fingerprint density at radius 1 is 1.03 bits per heavy atom. The van der Waals surface area contributed by atoms with Crippen molar-refractivity contribution in [3.8, 4) is 0 Å². The zero-order valence-corrected chi connectivity index (χ0v) is 18.3. The number of hydrogen-bond acceptors (Lipinski definition) is 5. The van der Waals surface area contributed by atoms with Crippen molar-refractivity contribution >= 4 is 33.2 Å². The van der Waals surface area contributed by atoms with Crippen LogP contribution in [-0.4, -0.2) is 35.6 Å². The Balaban J connectivity index is 1.69. The van der Waals surface area contributed by atoms with Crippen molar-refractivity contribution < 1.29 is 13.2 Å². The molecule has 2 aromatic carbocycles. The number of nitrogens with one attached hydrogen (secondary N) is 1. The maximum Gasteiger partial charge on any atom is 0.258 e. The van der Waals surface area contributed by atoms with E-state index in [0.29, 0.717) is 10.7 Å². The summed E-state index contributed by atoms with van der Waals surface area (Å²) >= 11 is 5.82. The molecule has 0 bridgehead atoms. The fourth-order valence-corrected chi connectivity index (χ4v) is 4.13. The Kier molecular flexibility index (Phi) is 6.50. The number of amides is 1. The van der Waals surface area contributed by atoms with Gasteiger partial charge in [0, 0.05) is 30.2 Å². The van der Waals surface area contributed by atoms with Gasteiger partial charge in [0.15, 0.2) is 0 Å². The van der Waals surface area contributed by atoms with Gasteiger partial charge in [0.1, 0.15) is 5.82 Å². The summed E-state index contributed by atoms with van der Waals surface area (Å²) in [5, 5.41) is 3.27. The van der Waals surface area contributed by atoms with Gasteiger partial charge in [-0.3, -0.25) is 4.79 Å². The summed E-state index contributed by atoms with van der Waals surface area (Å²) in [6.45, 7) is 3.87. The monoisotopic (exact) mass is 444 g/mol. The fourth-order valence-electron chi connectivity index (χ4n) is 2.87. The molecule has 1 aromatic heterocycles. The van der Waals surface area contributed by atoms with E-state index < -0.39 is 10.0 Å². The number of hydrogen-bond donors (Lipinski definition) is 1. The molecule has 156 valence electrons. The highest BCUT2D eigenvalue weighted by atomic mass is 35.5. The number of anilines is 1. The number of aryl methyl sites for hydroxylation is 2. The van der Waals surface area contributed by atoms with Crippen molar-refractivity contribution in [1.29, 1.82) is 0 Å². The topological polar surface area (TPSA) is 92.3 Å². The summed E-state index contributed by atoms with van der Waals surface area (Å²) in [7, 11) is -2.28. The third-order valence-corrected chi connectivity index (χ3v) is 6.40. The largest absolute Gasteiger partial charge is 0.322 e. The molecule has 0 spiro atoms. The molecule has 1 N–H and O–H groups in total. The summed E-state index contributed by atoms with van der Waals surface area (Å²) in [4.78, 5) is 20.8. The van der Waals surface area contributed by atoms with Crippen LogP contribution in [0.25, 0.3) is 0 Å². The van der Waals surface area contributed by atoms with Crippen molar-refractivity contribution in [3.05, 3.63) is 82.4 Å². The molecular formula is C21H21ClN4O3S. The highest BCUT2D eigenvalue weighted by Gasteiger charge is 2.22. The van der Waals surface area contributed by atoms with Crippen LogP contribution < -0.4 is 5.32 Å². The molecule has 0 fully saturated rings. The minimum atomic E-state index is -3.71. The first kappa shape index (κ1) is 21.9. The number of carbonyl (C=O) groups excluding carboxylic acids is 1. The first-order valence-corrected chi connectivity index (χ1v) is 10.9. The van der Waals surface area contributed by atoms with E-state index in [2.05, 4.69) is 15.3 Å². The predicted octanol–water partition coefficient (Wildman–Crippen LogP) is 3.82. The highest BCUT2D eigenvalue weighted by Crippen LogP contribution is 2.19. The van der Waals surface area contributed by atoms with Crippen LogP contribution in [-0.2, 0) is 16.6 Å². The first-order valence-electron chi connectivity index (χ1n) is 9.07. The number of halogens is 1. The second-order valence-corrected chi connectivity index (χ2v) is 9.41. The van der Waals surface area contributed by atoms with Gasteiger partial charge in [-0.05, 0) is 61.4 Å². The lowest BCUT2D eigenvalue weighted by molar-refractivity contribution is 0.102. The van der Waals surface area contributed by atoms with Crippen LogP contribution in [0.3, 0.4) is 0 Å². The average molecular weight is 445 g/mol. The molecule has 0 aliphatic carbocycles. The lowest BCUT2D eigenvalue weighted by atomic mass is 10.1. The van der Waals surface area contributed by atoms with E-state index in [9.17, 15) is 13.2 Å². The van der Waals surface area contributed by atoms with Gasteiger partial charge < -0.3 is 5.32 Å². The van der Waals surface area contributed by atoms with Gasteiger partial charge in [-0.1, -0.05) is 17.7 Å². The minimum Gasteiger partial charge on any atom is -0.322 e. The van der Waals surface area contributed by atoms with E-state index in [-0.39, 0.29) is 28.7 Å². The molecule has 9 heteroatoms. The third kappa shape index (κ3) is 5.21. The molecule has 0 unspecified atom stereocenters. The maximum atomic E-state index is 12.6. The standard InChI is InChI=1S/C21H21ClN4O3S/c1-14-8-15(2)10-18(9-14)25-21(27)16-11-23-20(24-12-16)13-26(3)30(28,29)19-6-4-17(22)5-7-19/h4-12H,13H2,1-3H3,(H,25,27). The molecule has 0 aliphatic rings. The number of aromatic nitrogens is 2. The van der Waals surface area contributed by atoms with E-state index in [0.717, 1.165) is 15.4 Å². The van der Waals surface area contributed by atoms with Gasteiger partial charge in [-0.15, -0.1) is 0 Å². The van der Waals surface area contributed by atoms with Crippen LogP contribution in [0.1, 0.15) is 27.3 Å². The van der Waals surface area contributed by atoms with Crippen LogP contribution >= 0.6 is 11.6 Å². The normalized spacial score (nSPS) is 11.5. The molecule has 3 aromatic rings. The molecule has 1 amide bonds. The van der Waals surface area contributed by atoms with Gasteiger partial charge in [0.25, 0.3) is 5.91 Å². The van der Waals surface area contributed by atoms with Gasteiger partial charge in [-0.2, -0.15) is 4.31 Å². The molecular weight excluding hydrogens is 424 g/mol. The SMILES string of the molecule is Cc1cc(C)cc(NC(=O)c2cnc(CN(C)S(=O)(=O)c3ccc(Cl)cc3)nc2)c1. The van der Waals surface area contributed by atoms with Gasteiger partial charge in [-0.25, -0.2) is 18.4 Å². The molecule has 1 heterocycles. The van der Waals surface area contributed by atoms with Crippen molar-refractivity contribution in [2.75, 3.05) is 12.4 Å².